The molecule has 0 amide bonds. The first-order chi connectivity index (χ1) is 13.1. The van der Waals surface area contributed by atoms with Gasteiger partial charge < -0.3 is 14.4 Å². The van der Waals surface area contributed by atoms with Gasteiger partial charge in [-0.05, 0) is 49.3 Å². The number of carbonyl (C=O) groups is 1. The highest BCUT2D eigenvalue weighted by Gasteiger charge is 2.48. The van der Waals surface area contributed by atoms with Crippen molar-refractivity contribution in [3.63, 3.8) is 0 Å². The molecule has 1 fully saturated rings. The van der Waals surface area contributed by atoms with E-state index in [2.05, 4.69) is 30.2 Å². The number of likely N-dealkylation sites (N-methyl/N-ethyl adjacent to an activating group) is 1. The number of ether oxygens (including phenoxy) is 2. The van der Waals surface area contributed by atoms with Crippen LogP contribution in [0.15, 0.2) is 60.7 Å². The van der Waals surface area contributed by atoms with Crippen molar-refractivity contribution < 1.29 is 14.3 Å². The van der Waals surface area contributed by atoms with E-state index >= 15 is 0 Å². The van der Waals surface area contributed by atoms with E-state index in [1.165, 1.54) is 5.56 Å². The highest BCUT2D eigenvalue weighted by molar-refractivity contribution is 5.92. The summed E-state index contributed by atoms with van der Waals surface area (Å²) >= 11 is 0. The predicted octanol–water partition coefficient (Wildman–Crippen LogP) is 3.75. The van der Waals surface area contributed by atoms with E-state index in [0.717, 1.165) is 30.0 Å². The fourth-order valence-corrected chi connectivity index (χ4v) is 4.35. The largest absolute Gasteiger partial charge is 0.493 e. The van der Waals surface area contributed by atoms with Crippen molar-refractivity contribution in [2.45, 2.75) is 30.9 Å². The van der Waals surface area contributed by atoms with E-state index in [1.807, 2.05) is 36.4 Å². The summed E-state index contributed by atoms with van der Waals surface area (Å²) in [6.07, 6.45) is 5.43. The first-order valence-electron chi connectivity index (χ1n) is 9.40. The molecule has 1 aliphatic heterocycles. The summed E-state index contributed by atoms with van der Waals surface area (Å²) in [5.74, 6) is 1.68. The molecule has 0 saturated carbocycles. The van der Waals surface area contributed by atoms with Gasteiger partial charge in [0.15, 0.2) is 17.3 Å². The third-order valence-corrected chi connectivity index (χ3v) is 5.90. The Morgan fingerprint density at radius 2 is 1.96 bits per heavy atom. The van der Waals surface area contributed by atoms with Gasteiger partial charge in [-0.3, -0.25) is 4.79 Å². The van der Waals surface area contributed by atoms with Crippen LogP contribution in [-0.2, 0) is 16.8 Å². The quantitative estimate of drug-likeness (QED) is 0.811. The fraction of sp³-hybridized carbons (Fsp3) is 0.348. The van der Waals surface area contributed by atoms with Crippen LogP contribution in [-0.4, -0.2) is 37.4 Å². The molecule has 2 aliphatic rings. The number of benzene rings is 2. The zero-order chi connectivity index (χ0) is 18.9. The van der Waals surface area contributed by atoms with Crippen molar-refractivity contribution in [3.05, 3.63) is 71.8 Å². The van der Waals surface area contributed by atoms with Gasteiger partial charge >= 0.3 is 0 Å². The summed E-state index contributed by atoms with van der Waals surface area (Å²) in [6.45, 7) is 1.48. The molecule has 0 spiro atoms. The maximum absolute atomic E-state index is 12.0. The van der Waals surface area contributed by atoms with E-state index in [4.69, 9.17) is 9.47 Å². The van der Waals surface area contributed by atoms with Crippen molar-refractivity contribution in [1.82, 2.24) is 4.90 Å². The normalized spacial score (nSPS) is 24.7. The van der Waals surface area contributed by atoms with Crippen LogP contribution in [0, 0.1) is 0 Å². The number of hydrogen-bond acceptors (Lipinski definition) is 4. The number of carbonyl (C=O) groups excluding carboxylic acids is 1. The van der Waals surface area contributed by atoms with E-state index in [-0.39, 0.29) is 17.2 Å². The van der Waals surface area contributed by atoms with Crippen LogP contribution in [0.2, 0.25) is 0 Å². The van der Waals surface area contributed by atoms with Gasteiger partial charge in [-0.25, -0.2) is 0 Å². The monoisotopic (exact) mass is 363 g/mol. The Labute approximate surface area is 160 Å². The average molecular weight is 363 g/mol. The van der Waals surface area contributed by atoms with Gasteiger partial charge in [0.25, 0.3) is 0 Å². The standard InChI is InChI=1S/C23H25NO3/c1-24-13-12-23(11-10-19(25)15-22(23)24)18-8-9-20(21(14-18)26-2)27-16-17-6-4-3-5-7-17/h3-11,14,22H,12-13,15-16H2,1-2H3/t22?,23-/m0/s1. The maximum atomic E-state index is 12.0. The smallest absolute Gasteiger partial charge is 0.161 e. The molecular weight excluding hydrogens is 338 g/mol. The molecule has 0 radical (unpaired) electrons. The Morgan fingerprint density at radius 1 is 1.15 bits per heavy atom. The number of rotatable bonds is 5. The minimum atomic E-state index is -0.131. The van der Waals surface area contributed by atoms with E-state index < -0.39 is 0 Å². The molecule has 1 aliphatic carbocycles. The molecule has 2 aromatic carbocycles. The Bertz CT molecular complexity index is 861. The van der Waals surface area contributed by atoms with Gasteiger partial charge in [0.05, 0.1) is 7.11 Å². The van der Waals surface area contributed by atoms with Crippen LogP contribution < -0.4 is 9.47 Å². The van der Waals surface area contributed by atoms with Crippen LogP contribution in [0.3, 0.4) is 0 Å². The van der Waals surface area contributed by atoms with Gasteiger partial charge in [-0.1, -0.05) is 42.5 Å². The van der Waals surface area contributed by atoms with Gasteiger partial charge in [0.1, 0.15) is 6.61 Å². The molecule has 2 aromatic rings. The van der Waals surface area contributed by atoms with Crippen molar-refractivity contribution in [2.24, 2.45) is 0 Å². The molecule has 1 unspecified atom stereocenters. The van der Waals surface area contributed by atoms with Crippen molar-refractivity contribution in [3.8, 4) is 11.5 Å². The third-order valence-electron chi connectivity index (χ3n) is 5.90. The lowest BCUT2D eigenvalue weighted by Gasteiger charge is -2.37. The molecule has 140 valence electrons. The Morgan fingerprint density at radius 3 is 2.74 bits per heavy atom. The first kappa shape index (κ1) is 17.8. The van der Waals surface area contributed by atoms with Gasteiger partial charge in [0.2, 0.25) is 0 Å². The molecule has 0 bridgehead atoms. The maximum Gasteiger partial charge on any atom is 0.161 e. The minimum absolute atomic E-state index is 0.131. The number of likely N-dealkylation sites (tertiary alicyclic amines) is 1. The van der Waals surface area contributed by atoms with Gasteiger partial charge in [-0.15, -0.1) is 0 Å². The molecule has 4 rings (SSSR count). The highest BCUT2D eigenvalue weighted by atomic mass is 16.5. The summed E-state index contributed by atoms with van der Waals surface area (Å²) in [5.41, 5.74) is 2.17. The first-order valence-corrected chi connectivity index (χ1v) is 9.40. The summed E-state index contributed by atoms with van der Waals surface area (Å²) in [5, 5.41) is 0. The fourth-order valence-electron chi connectivity index (χ4n) is 4.35. The Balaban J connectivity index is 1.63. The number of fused-ring (bicyclic) bond motifs is 1. The summed E-state index contributed by atoms with van der Waals surface area (Å²) in [6, 6.07) is 16.5. The summed E-state index contributed by atoms with van der Waals surface area (Å²) in [7, 11) is 3.78. The topological polar surface area (TPSA) is 38.8 Å². The lowest BCUT2D eigenvalue weighted by Crippen LogP contribution is -2.43. The highest BCUT2D eigenvalue weighted by Crippen LogP contribution is 2.46. The Hall–Kier alpha value is -2.59. The van der Waals surface area contributed by atoms with Crippen molar-refractivity contribution in [2.75, 3.05) is 20.7 Å². The number of ketones is 1. The Kier molecular flexibility index (Phi) is 4.75. The molecule has 27 heavy (non-hydrogen) atoms. The average Bonchev–Trinajstić information content (AvgIpc) is 3.04. The van der Waals surface area contributed by atoms with E-state index in [9.17, 15) is 4.79 Å². The van der Waals surface area contributed by atoms with E-state index in [1.54, 1.807) is 13.2 Å². The van der Waals surface area contributed by atoms with Crippen LogP contribution in [0.4, 0.5) is 0 Å². The number of hydrogen-bond donors (Lipinski definition) is 0. The van der Waals surface area contributed by atoms with Crippen LogP contribution in [0.1, 0.15) is 24.0 Å². The van der Waals surface area contributed by atoms with Crippen molar-refractivity contribution >= 4 is 5.78 Å². The lowest BCUT2D eigenvalue weighted by molar-refractivity contribution is -0.116. The van der Waals surface area contributed by atoms with Crippen LogP contribution in [0.5, 0.6) is 11.5 Å². The lowest BCUT2D eigenvalue weighted by atomic mass is 9.69. The number of nitrogens with zero attached hydrogens (tertiary/aromatic N) is 1. The predicted molar refractivity (Wildman–Crippen MR) is 105 cm³/mol. The van der Waals surface area contributed by atoms with E-state index in [0.29, 0.717) is 13.0 Å². The second-order valence-corrected chi connectivity index (χ2v) is 7.43. The molecule has 4 heteroatoms. The molecule has 1 saturated heterocycles. The van der Waals surface area contributed by atoms with Crippen LogP contribution in [0.25, 0.3) is 0 Å². The molecule has 0 N–H and O–H groups in total. The van der Waals surface area contributed by atoms with Gasteiger partial charge in [-0.2, -0.15) is 0 Å². The summed E-state index contributed by atoms with van der Waals surface area (Å²) in [4.78, 5) is 14.3. The number of allylic oxidation sites excluding steroid dienone is 1. The van der Waals surface area contributed by atoms with Crippen LogP contribution >= 0.6 is 0 Å². The second-order valence-electron chi connectivity index (χ2n) is 7.43. The SMILES string of the molecule is COc1cc([C@@]23C=CC(=O)CC2N(C)CC3)ccc1OCc1ccccc1. The zero-order valence-electron chi connectivity index (χ0n) is 15.9. The molecule has 2 atom stereocenters. The van der Waals surface area contributed by atoms with Crippen molar-refractivity contribution in [1.29, 1.82) is 0 Å². The second kappa shape index (κ2) is 7.20. The zero-order valence-corrected chi connectivity index (χ0v) is 15.9. The summed E-state index contributed by atoms with van der Waals surface area (Å²) < 4.78 is 11.6. The molecule has 1 heterocycles. The molecule has 4 nitrogen and oxygen atoms in total. The van der Waals surface area contributed by atoms with Gasteiger partial charge in [0, 0.05) is 17.9 Å². The third kappa shape index (κ3) is 3.26. The molecular formula is C23H25NO3. The molecule has 0 aromatic heterocycles. The number of methoxy groups -OCH3 is 1. The minimum Gasteiger partial charge on any atom is -0.493 e.